The highest BCUT2D eigenvalue weighted by Gasteiger charge is 2.16. The standard InChI is InChI=1S/C18H17Cl2FN2O2/c19-13-2-1-12(15(20)10-13)9-18(24)22-14-3-4-17(16(21)11-14)23-5-7-25-8-6-23/h1-4,10-11H,5-9H2,(H,22,24). The lowest BCUT2D eigenvalue weighted by Gasteiger charge is -2.29. The van der Waals surface area contributed by atoms with Crippen LogP contribution in [-0.2, 0) is 16.0 Å². The molecule has 0 aromatic heterocycles. The Balaban J connectivity index is 1.66. The van der Waals surface area contributed by atoms with Crippen molar-refractivity contribution < 1.29 is 13.9 Å². The Labute approximate surface area is 155 Å². The predicted molar refractivity (Wildman–Crippen MR) is 98.2 cm³/mol. The monoisotopic (exact) mass is 382 g/mol. The van der Waals surface area contributed by atoms with Gasteiger partial charge in [-0.3, -0.25) is 4.79 Å². The maximum atomic E-state index is 14.4. The van der Waals surface area contributed by atoms with Crippen LogP contribution in [0.15, 0.2) is 36.4 Å². The molecule has 0 radical (unpaired) electrons. The van der Waals surface area contributed by atoms with Gasteiger partial charge in [0.05, 0.1) is 25.3 Å². The van der Waals surface area contributed by atoms with E-state index in [-0.39, 0.29) is 18.1 Å². The van der Waals surface area contributed by atoms with Crippen molar-refractivity contribution in [1.29, 1.82) is 0 Å². The van der Waals surface area contributed by atoms with Crippen LogP contribution in [0.2, 0.25) is 10.0 Å². The van der Waals surface area contributed by atoms with Crippen LogP contribution in [0.25, 0.3) is 0 Å². The van der Waals surface area contributed by atoms with Gasteiger partial charge in [0, 0.05) is 28.8 Å². The zero-order chi connectivity index (χ0) is 17.8. The zero-order valence-electron chi connectivity index (χ0n) is 13.4. The van der Waals surface area contributed by atoms with Crippen molar-refractivity contribution in [3.05, 3.63) is 57.8 Å². The zero-order valence-corrected chi connectivity index (χ0v) is 14.9. The third-order valence-electron chi connectivity index (χ3n) is 3.95. The fraction of sp³-hybridized carbons (Fsp3) is 0.278. The molecule has 0 spiro atoms. The van der Waals surface area contributed by atoms with E-state index in [1.54, 1.807) is 30.3 Å². The average molecular weight is 383 g/mol. The van der Waals surface area contributed by atoms with Gasteiger partial charge >= 0.3 is 0 Å². The second-order valence-corrected chi connectivity index (χ2v) is 6.57. The largest absolute Gasteiger partial charge is 0.378 e. The molecule has 1 saturated heterocycles. The van der Waals surface area contributed by atoms with Crippen LogP contribution in [-0.4, -0.2) is 32.2 Å². The molecule has 1 aliphatic rings. The molecule has 0 aliphatic carbocycles. The minimum absolute atomic E-state index is 0.0861. The predicted octanol–water partition coefficient (Wildman–Crippen LogP) is 4.15. The molecule has 2 aromatic carbocycles. The molecule has 0 atom stereocenters. The smallest absolute Gasteiger partial charge is 0.228 e. The number of nitrogens with zero attached hydrogens (tertiary/aromatic N) is 1. The molecular formula is C18H17Cl2FN2O2. The van der Waals surface area contributed by atoms with Gasteiger partial charge in [-0.25, -0.2) is 4.39 Å². The number of carbonyl (C=O) groups excluding carboxylic acids is 1. The van der Waals surface area contributed by atoms with Crippen molar-refractivity contribution in [1.82, 2.24) is 0 Å². The maximum Gasteiger partial charge on any atom is 0.228 e. The van der Waals surface area contributed by atoms with E-state index in [0.29, 0.717) is 53.3 Å². The van der Waals surface area contributed by atoms with Gasteiger partial charge in [-0.1, -0.05) is 29.3 Å². The summed E-state index contributed by atoms with van der Waals surface area (Å²) >= 11 is 11.9. The first-order valence-electron chi connectivity index (χ1n) is 7.89. The topological polar surface area (TPSA) is 41.6 Å². The van der Waals surface area contributed by atoms with Crippen LogP contribution >= 0.6 is 23.2 Å². The molecule has 1 aliphatic heterocycles. The number of carbonyl (C=O) groups is 1. The van der Waals surface area contributed by atoms with Gasteiger partial charge in [-0.15, -0.1) is 0 Å². The summed E-state index contributed by atoms with van der Waals surface area (Å²) in [6.07, 6.45) is 0.0861. The van der Waals surface area contributed by atoms with Crippen molar-refractivity contribution in [3.8, 4) is 0 Å². The second kappa shape index (κ2) is 8.04. The lowest BCUT2D eigenvalue weighted by molar-refractivity contribution is -0.115. The minimum Gasteiger partial charge on any atom is -0.378 e. The van der Waals surface area contributed by atoms with E-state index in [1.807, 2.05) is 4.90 Å². The van der Waals surface area contributed by atoms with Crippen LogP contribution in [0.4, 0.5) is 15.8 Å². The number of morpholine rings is 1. The van der Waals surface area contributed by atoms with Crippen molar-refractivity contribution in [2.24, 2.45) is 0 Å². The third kappa shape index (κ3) is 4.63. The summed E-state index contributed by atoms with van der Waals surface area (Å²) < 4.78 is 19.6. The summed E-state index contributed by atoms with van der Waals surface area (Å²) in [5.74, 6) is -0.646. The molecule has 7 heteroatoms. The number of hydrogen-bond acceptors (Lipinski definition) is 3. The van der Waals surface area contributed by atoms with E-state index in [4.69, 9.17) is 27.9 Å². The van der Waals surface area contributed by atoms with Crippen molar-refractivity contribution in [2.45, 2.75) is 6.42 Å². The third-order valence-corrected chi connectivity index (χ3v) is 4.54. The molecule has 4 nitrogen and oxygen atoms in total. The molecule has 0 saturated carbocycles. The number of benzene rings is 2. The summed E-state index contributed by atoms with van der Waals surface area (Å²) in [7, 11) is 0. The molecule has 0 bridgehead atoms. The molecule has 0 unspecified atom stereocenters. The molecule has 25 heavy (non-hydrogen) atoms. The highest BCUT2D eigenvalue weighted by Crippen LogP contribution is 2.25. The lowest BCUT2D eigenvalue weighted by atomic mass is 10.1. The summed E-state index contributed by atoms with van der Waals surface area (Å²) in [6.45, 7) is 2.47. The SMILES string of the molecule is O=C(Cc1ccc(Cl)cc1Cl)Nc1ccc(N2CCOCC2)c(F)c1. The summed E-state index contributed by atoms with van der Waals surface area (Å²) in [5, 5.41) is 3.63. The van der Waals surface area contributed by atoms with Crippen LogP contribution in [0, 0.1) is 5.82 Å². The van der Waals surface area contributed by atoms with Gasteiger partial charge in [0.2, 0.25) is 5.91 Å². The first-order valence-corrected chi connectivity index (χ1v) is 8.64. The van der Waals surface area contributed by atoms with Gasteiger partial charge in [-0.2, -0.15) is 0 Å². The number of anilines is 2. The van der Waals surface area contributed by atoms with E-state index < -0.39 is 0 Å². The highest BCUT2D eigenvalue weighted by molar-refractivity contribution is 6.35. The van der Waals surface area contributed by atoms with Gasteiger partial charge in [0.1, 0.15) is 5.82 Å². The first-order chi connectivity index (χ1) is 12.0. The van der Waals surface area contributed by atoms with Gasteiger partial charge in [0.15, 0.2) is 0 Å². The van der Waals surface area contributed by atoms with Crippen LogP contribution < -0.4 is 10.2 Å². The van der Waals surface area contributed by atoms with E-state index in [0.717, 1.165) is 0 Å². The Bertz CT molecular complexity index is 780. The Morgan fingerprint density at radius 2 is 1.92 bits per heavy atom. The van der Waals surface area contributed by atoms with Crippen molar-refractivity contribution in [2.75, 3.05) is 36.5 Å². The molecule has 1 heterocycles. The molecule has 1 amide bonds. The number of halogens is 3. The summed E-state index contributed by atoms with van der Waals surface area (Å²) in [5.41, 5.74) is 1.58. The highest BCUT2D eigenvalue weighted by atomic mass is 35.5. The summed E-state index contributed by atoms with van der Waals surface area (Å²) in [4.78, 5) is 14.1. The average Bonchev–Trinajstić information content (AvgIpc) is 2.58. The molecule has 3 rings (SSSR count). The molecule has 2 aromatic rings. The van der Waals surface area contributed by atoms with Crippen LogP contribution in [0.1, 0.15) is 5.56 Å². The van der Waals surface area contributed by atoms with E-state index in [1.165, 1.54) is 6.07 Å². The Kier molecular flexibility index (Phi) is 5.78. The Hall–Kier alpha value is -1.82. The Morgan fingerprint density at radius 1 is 1.16 bits per heavy atom. The number of ether oxygens (including phenoxy) is 1. The minimum atomic E-state index is -0.371. The van der Waals surface area contributed by atoms with Crippen LogP contribution in [0.3, 0.4) is 0 Å². The van der Waals surface area contributed by atoms with Gasteiger partial charge in [0.25, 0.3) is 0 Å². The normalized spacial score (nSPS) is 14.4. The van der Waals surface area contributed by atoms with Crippen LogP contribution in [0.5, 0.6) is 0 Å². The number of amides is 1. The van der Waals surface area contributed by atoms with Crippen molar-refractivity contribution in [3.63, 3.8) is 0 Å². The lowest BCUT2D eigenvalue weighted by Crippen LogP contribution is -2.36. The van der Waals surface area contributed by atoms with E-state index in [9.17, 15) is 9.18 Å². The maximum absolute atomic E-state index is 14.4. The Morgan fingerprint density at radius 3 is 2.60 bits per heavy atom. The van der Waals surface area contributed by atoms with E-state index >= 15 is 0 Å². The van der Waals surface area contributed by atoms with Gasteiger partial charge in [-0.05, 0) is 35.9 Å². The van der Waals surface area contributed by atoms with Gasteiger partial charge < -0.3 is 15.0 Å². The number of hydrogen-bond donors (Lipinski definition) is 1. The molecule has 132 valence electrons. The first kappa shape index (κ1) is 18.0. The number of rotatable bonds is 4. The number of nitrogens with one attached hydrogen (secondary N) is 1. The van der Waals surface area contributed by atoms with Crippen molar-refractivity contribution >= 4 is 40.5 Å². The summed E-state index contributed by atoms with van der Waals surface area (Å²) in [6, 6.07) is 9.65. The fourth-order valence-corrected chi connectivity index (χ4v) is 3.16. The quantitative estimate of drug-likeness (QED) is 0.863. The van der Waals surface area contributed by atoms with E-state index in [2.05, 4.69) is 5.32 Å². The molecule has 1 N–H and O–H groups in total. The molecule has 1 fully saturated rings. The second-order valence-electron chi connectivity index (χ2n) is 5.73. The molecular weight excluding hydrogens is 366 g/mol. The fourth-order valence-electron chi connectivity index (χ4n) is 2.69.